The summed E-state index contributed by atoms with van der Waals surface area (Å²) in [6.07, 6.45) is 1.65. The van der Waals surface area contributed by atoms with Crippen LogP contribution in [0.3, 0.4) is 0 Å². The van der Waals surface area contributed by atoms with Crippen LogP contribution in [0.2, 0.25) is 0 Å². The van der Waals surface area contributed by atoms with E-state index in [1.54, 1.807) is 0 Å². The van der Waals surface area contributed by atoms with Crippen LogP contribution in [0.5, 0.6) is 0 Å². The number of hydrazone groups is 1. The Hall–Kier alpha value is -1.85. The Kier molecular flexibility index (Phi) is 2.42. The fourth-order valence-corrected chi connectivity index (χ4v) is 0.648. The van der Waals surface area contributed by atoms with Gasteiger partial charge in [0.2, 0.25) is 0 Å². The maximum absolute atomic E-state index is 9.96. The number of amides is 1. The molecule has 0 unspecified atom stereocenters. The van der Waals surface area contributed by atoms with E-state index in [1.807, 2.05) is 12.3 Å². The summed E-state index contributed by atoms with van der Waals surface area (Å²) in [4.78, 5) is 16.7. The van der Waals surface area contributed by atoms with Crippen molar-refractivity contribution < 1.29 is 9.90 Å². The molecule has 0 spiro atoms. The molecule has 64 valence electrons. The lowest BCUT2D eigenvalue weighted by molar-refractivity contribution is 0.195. The second kappa shape index (κ2) is 3.51. The zero-order valence-corrected chi connectivity index (χ0v) is 6.40. The minimum atomic E-state index is -1.19. The Bertz CT molecular complexity index is 304. The predicted octanol–water partition coefficient (Wildman–Crippen LogP) is 0.320. The molecule has 0 saturated heterocycles. The van der Waals surface area contributed by atoms with Gasteiger partial charge in [0.25, 0.3) is 0 Å². The van der Waals surface area contributed by atoms with Gasteiger partial charge in [-0.1, -0.05) is 0 Å². The standard InChI is InChI=1S/C6H8N4O2/c1-4-5(8-3-7-4)2-9-10-6(11)12/h2-3,10H,1H3,(H,7,8)(H,11,12)/b9-2+. The molecule has 1 aromatic heterocycles. The average Bonchev–Trinajstić information content (AvgIpc) is 2.36. The van der Waals surface area contributed by atoms with Gasteiger partial charge in [0.15, 0.2) is 0 Å². The molecule has 12 heavy (non-hydrogen) atoms. The average molecular weight is 168 g/mol. The van der Waals surface area contributed by atoms with E-state index < -0.39 is 6.09 Å². The number of H-pyrrole nitrogens is 1. The van der Waals surface area contributed by atoms with E-state index in [9.17, 15) is 4.79 Å². The van der Waals surface area contributed by atoms with E-state index in [0.717, 1.165) is 5.69 Å². The number of hydrogen-bond acceptors (Lipinski definition) is 3. The highest BCUT2D eigenvalue weighted by molar-refractivity contribution is 5.79. The van der Waals surface area contributed by atoms with Crippen LogP contribution in [-0.4, -0.2) is 27.4 Å². The Labute approximate surface area is 68.3 Å². The van der Waals surface area contributed by atoms with E-state index in [0.29, 0.717) is 5.69 Å². The molecular formula is C6H8N4O2. The van der Waals surface area contributed by atoms with Crippen LogP contribution in [0.4, 0.5) is 4.79 Å². The van der Waals surface area contributed by atoms with Crippen molar-refractivity contribution in [3.63, 3.8) is 0 Å². The van der Waals surface area contributed by atoms with Gasteiger partial charge in [-0.15, -0.1) is 0 Å². The van der Waals surface area contributed by atoms with Crippen molar-refractivity contribution in [1.82, 2.24) is 15.4 Å². The van der Waals surface area contributed by atoms with Gasteiger partial charge < -0.3 is 10.1 Å². The Morgan fingerprint density at radius 2 is 2.67 bits per heavy atom. The number of imidazole rings is 1. The minimum Gasteiger partial charge on any atom is -0.464 e. The van der Waals surface area contributed by atoms with Gasteiger partial charge in [-0.25, -0.2) is 15.2 Å². The second-order valence-electron chi connectivity index (χ2n) is 2.09. The Balaban J connectivity index is 2.57. The van der Waals surface area contributed by atoms with Crippen molar-refractivity contribution >= 4 is 12.3 Å². The van der Waals surface area contributed by atoms with Crippen molar-refractivity contribution in [3.05, 3.63) is 17.7 Å². The smallest absolute Gasteiger partial charge is 0.425 e. The number of rotatable bonds is 2. The molecule has 0 radical (unpaired) electrons. The molecule has 6 nitrogen and oxygen atoms in total. The number of hydrogen-bond donors (Lipinski definition) is 3. The van der Waals surface area contributed by atoms with Gasteiger partial charge in [0.1, 0.15) is 5.69 Å². The summed E-state index contributed by atoms with van der Waals surface area (Å²) < 4.78 is 0. The summed E-state index contributed by atoms with van der Waals surface area (Å²) in [6.45, 7) is 1.81. The number of nitrogens with zero attached hydrogens (tertiary/aromatic N) is 2. The number of aromatic amines is 1. The summed E-state index contributed by atoms with van der Waals surface area (Å²) in [5, 5.41) is 11.6. The van der Waals surface area contributed by atoms with Gasteiger partial charge in [-0.2, -0.15) is 5.10 Å². The zero-order chi connectivity index (χ0) is 8.97. The largest absolute Gasteiger partial charge is 0.464 e. The monoisotopic (exact) mass is 168 g/mol. The van der Waals surface area contributed by atoms with Gasteiger partial charge >= 0.3 is 6.09 Å². The number of aromatic nitrogens is 2. The van der Waals surface area contributed by atoms with Crippen molar-refractivity contribution in [3.8, 4) is 0 Å². The molecule has 3 N–H and O–H groups in total. The number of carboxylic acid groups (broad SMARTS) is 1. The molecule has 0 fully saturated rings. The minimum absolute atomic E-state index is 0.615. The highest BCUT2D eigenvalue weighted by atomic mass is 16.4. The molecule has 0 saturated carbocycles. The lowest BCUT2D eigenvalue weighted by atomic mass is 10.4. The molecule has 0 aliphatic heterocycles. The summed E-state index contributed by atoms with van der Waals surface area (Å²) in [7, 11) is 0. The fourth-order valence-electron chi connectivity index (χ4n) is 0.648. The van der Waals surface area contributed by atoms with E-state index in [-0.39, 0.29) is 0 Å². The topological polar surface area (TPSA) is 90.4 Å². The maximum Gasteiger partial charge on any atom is 0.425 e. The van der Waals surface area contributed by atoms with Crippen LogP contribution in [0.15, 0.2) is 11.4 Å². The van der Waals surface area contributed by atoms with Crippen molar-refractivity contribution in [1.29, 1.82) is 0 Å². The first-order chi connectivity index (χ1) is 5.70. The van der Waals surface area contributed by atoms with Crippen LogP contribution in [-0.2, 0) is 0 Å². The molecule has 0 aliphatic rings. The third-order valence-electron chi connectivity index (χ3n) is 1.22. The summed E-state index contributed by atoms with van der Waals surface area (Å²) in [6, 6.07) is 0. The Morgan fingerprint density at radius 3 is 3.17 bits per heavy atom. The molecule has 0 aliphatic carbocycles. The summed E-state index contributed by atoms with van der Waals surface area (Å²) in [5.74, 6) is 0. The van der Waals surface area contributed by atoms with Crippen molar-refractivity contribution in [2.24, 2.45) is 5.10 Å². The molecule has 6 heteroatoms. The maximum atomic E-state index is 9.96. The van der Waals surface area contributed by atoms with E-state index in [1.165, 1.54) is 12.5 Å². The van der Waals surface area contributed by atoms with Gasteiger partial charge in [-0.3, -0.25) is 0 Å². The molecule has 0 aromatic carbocycles. The number of nitrogens with one attached hydrogen (secondary N) is 2. The van der Waals surface area contributed by atoms with E-state index >= 15 is 0 Å². The summed E-state index contributed by atoms with van der Waals surface area (Å²) >= 11 is 0. The van der Waals surface area contributed by atoms with Crippen LogP contribution in [0, 0.1) is 6.92 Å². The van der Waals surface area contributed by atoms with Crippen LogP contribution in [0.25, 0.3) is 0 Å². The molecule has 1 rings (SSSR count). The highest BCUT2D eigenvalue weighted by Crippen LogP contribution is 1.94. The third kappa shape index (κ3) is 2.08. The van der Waals surface area contributed by atoms with E-state index in [2.05, 4.69) is 15.1 Å². The lowest BCUT2D eigenvalue weighted by Crippen LogP contribution is -2.13. The molecular weight excluding hydrogens is 160 g/mol. The predicted molar refractivity (Wildman–Crippen MR) is 42.1 cm³/mol. The zero-order valence-electron chi connectivity index (χ0n) is 6.40. The first-order valence-electron chi connectivity index (χ1n) is 3.22. The highest BCUT2D eigenvalue weighted by Gasteiger charge is 1.95. The molecule has 1 amide bonds. The molecule has 1 aromatic rings. The molecule has 0 bridgehead atoms. The normalized spacial score (nSPS) is 10.4. The van der Waals surface area contributed by atoms with Crippen LogP contribution in [0.1, 0.15) is 11.4 Å². The number of aryl methyl sites for hydroxylation is 1. The first kappa shape index (κ1) is 8.25. The fraction of sp³-hybridized carbons (Fsp3) is 0.167. The van der Waals surface area contributed by atoms with Gasteiger partial charge in [-0.05, 0) is 6.92 Å². The van der Waals surface area contributed by atoms with Crippen molar-refractivity contribution in [2.45, 2.75) is 6.92 Å². The van der Waals surface area contributed by atoms with Crippen molar-refractivity contribution in [2.75, 3.05) is 0 Å². The second-order valence-corrected chi connectivity index (χ2v) is 2.09. The van der Waals surface area contributed by atoms with Gasteiger partial charge in [0, 0.05) is 5.69 Å². The van der Waals surface area contributed by atoms with E-state index in [4.69, 9.17) is 5.11 Å². The SMILES string of the molecule is Cc1[nH]cnc1/C=N/NC(=O)O. The van der Waals surface area contributed by atoms with Crippen LogP contribution < -0.4 is 5.43 Å². The molecule has 1 heterocycles. The lowest BCUT2D eigenvalue weighted by Gasteiger charge is -1.88. The van der Waals surface area contributed by atoms with Gasteiger partial charge in [0.05, 0.1) is 12.5 Å². The quantitative estimate of drug-likeness (QED) is 0.438. The Morgan fingerprint density at radius 1 is 1.92 bits per heavy atom. The third-order valence-corrected chi connectivity index (χ3v) is 1.22. The molecule has 0 atom stereocenters. The van der Waals surface area contributed by atoms with Crippen LogP contribution >= 0.6 is 0 Å². The number of carbonyl (C=O) groups is 1. The summed E-state index contributed by atoms with van der Waals surface area (Å²) in [5.41, 5.74) is 3.30. The first-order valence-corrected chi connectivity index (χ1v) is 3.22.